The number of ether oxygens (including phenoxy) is 2. The molecule has 1 aliphatic rings. The summed E-state index contributed by atoms with van der Waals surface area (Å²) in [4.78, 5) is 11.4. The fraction of sp³-hybridized carbons (Fsp3) is 0.417. The lowest BCUT2D eigenvalue weighted by Gasteiger charge is -2.14. The molecule has 1 aliphatic heterocycles. The number of aliphatic hydroxyl groups is 1. The Balaban J connectivity index is 1.74. The Morgan fingerprint density at radius 2 is 2.18 bits per heavy atom. The number of rotatable bonds is 3. The lowest BCUT2D eigenvalue weighted by molar-refractivity contribution is 0.0324. The maximum absolute atomic E-state index is 11.4. The van der Waals surface area contributed by atoms with Gasteiger partial charge in [-0.3, -0.25) is 0 Å². The number of carbonyl (C=O) groups excluding carboxylic acids is 1. The van der Waals surface area contributed by atoms with Crippen molar-refractivity contribution in [1.82, 2.24) is 5.32 Å². The molecule has 5 nitrogen and oxygen atoms in total. The van der Waals surface area contributed by atoms with Gasteiger partial charge < -0.3 is 19.9 Å². The van der Waals surface area contributed by atoms with E-state index in [-0.39, 0.29) is 13.2 Å². The van der Waals surface area contributed by atoms with Crippen molar-refractivity contribution < 1.29 is 19.4 Å². The topological polar surface area (TPSA) is 67.8 Å². The monoisotopic (exact) mass is 237 g/mol. The Bertz CT molecular complexity index is 368. The number of benzene rings is 1. The maximum atomic E-state index is 11.4. The number of nitrogens with one attached hydrogen (secondary N) is 1. The van der Waals surface area contributed by atoms with Crippen LogP contribution in [0.25, 0.3) is 0 Å². The molecule has 92 valence electrons. The van der Waals surface area contributed by atoms with Crippen LogP contribution in [0.5, 0.6) is 0 Å². The van der Waals surface area contributed by atoms with E-state index in [0.29, 0.717) is 6.54 Å². The van der Waals surface area contributed by atoms with Crippen LogP contribution < -0.4 is 5.32 Å². The van der Waals surface area contributed by atoms with Crippen LogP contribution in [0.2, 0.25) is 0 Å². The second-order valence-corrected chi connectivity index (χ2v) is 3.89. The summed E-state index contributed by atoms with van der Waals surface area (Å²) in [6, 6.07) is 9.53. The van der Waals surface area contributed by atoms with Gasteiger partial charge in [0.05, 0.1) is 13.2 Å². The highest BCUT2D eigenvalue weighted by molar-refractivity contribution is 5.67. The standard InChI is InChI=1S/C12H15NO4/c14-10-7-16-8-11(10)17-12(15)13-6-9-4-2-1-3-5-9/h1-5,10-11,14H,6-8H2,(H,13,15)/t10-,11-/m0/s1. The lowest BCUT2D eigenvalue weighted by Crippen LogP contribution is -2.34. The molecule has 2 atom stereocenters. The minimum absolute atomic E-state index is 0.219. The third-order valence-corrected chi connectivity index (χ3v) is 2.54. The Kier molecular flexibility index (Phi) is 3.95. The van der Waals surface area contributed by atoms with Crippen LogP contribution >= 0.6 is 0 Å². The molecule has 17 heavy (non-hydrogen) atoms. The normalized spacial score (nSPS) is 23.4. The first kappa shape index (κ1) is 11.9. The summed E-state index contributed by atoms with van der Waals surface area (Å²) in [6.45, 7) is 0.875. The zero-order valence-electron chi connectivity index (χ0n) is 9.33. The number of hydrogen-bond donors (Lipinski definition) is 2. The SMILES string of the molecule is O=C(NCc1ccccc1)O[C@H]1COC[C@@H]1O. The van der Waals surface area contributed by atoms with Crippen LogP contribution in [0, 0.1) is 0 Å². The second-order valence-electron chi connectivity index (χ2n) is 3.89. The van der Waals surface area contributed by atoms with Crippen LogP contribution in [0.3, 0.4) is 0 Å². The van der Waals surface area contributed by atoms with E-state index in [4.69, 9.17) is 9.47 Å². The van der Waals surface area contributed by atoms with Gasteiger partial charge in [-0.1, -0.05) is 30.3 Å². The fourth-order valence-corrected chi connectivity index (χ4v) is 1.59. The summed E-state index contributed by atoms with van der Waals surface area (Å²) < 4.78 is 10.00. The van der Waals surface area contributed by atoms with Gasteiger partial charge in [0.15, 0.2) is 6.10 Å². The van der Waals surface area contributed by atoms with Gasteiger partial charge in [0.25, 0.3) is 0 Å². The first-order valence-electron chi connectivity index (χ1n) is 5.50. The summed E-state index contributed by atoms with van der Waals surface area (Å²) >= 11 is 0. The van der Waals surface area contributed by atoms with Crippen LogP contribution in [-0.2, 0) is 16.0 Å². The third-order valence-electron chi connectivity index (χ3n) is 2.54. The molecule has 1 amide bonds. The van der Waals surface area contributed by atoms with E-state index in [2.05, 4.69) is 5.32 Å². The highest BCUT2D eigenvalue weighted by atomic mass is 16.6. The number of alkyl carbamates (subject to hydrolysis) is 1. The van der Waals surface area contributed by atoms with Gasteiger partial charge in [-0.05, 0) is 5.56 Å². The Morgan fingerprint density at radius 3 is 2.82 bits per heavy atom. The predicted molar refractivity (Wildman–Crippen MR) is 60.4 cm³/mol. The molecule has 0 saturated carbocycles. The molecule has 1 heterocycles. The molecule has 5 heteroatoms. The molecule has 1 aromatic carbocycles. The average Bonchev–Trinajstić information content (AvgIpc) is 2.74. The minimum atomic E-state index is -0.725. The van der Waals surface area contributed by atoms with E-state index in [0.717, 1.165) is 5.56 Å². The van der Waals surface area contributed by atoms with Gasteiger partial charge >= 0.3 is 6.09 Å². The van der Waals surface area contributed by atoms with E-state index in [9.17, 15) is 9.90 Å². The molecule has 0 bridgehead atoms. The lowest BCUT2D eigenvalue weighted by atomic mass is 10.2. The average molecular weight is 237 g/mol. The molecule has 1 fully saturated rings. The Hall–Kier alpha value is -1.59. The molecule has 1 aromatic rings. The summed E-state index contributed by atoms with van der Waals surface area (Å²) in [5.74, 6) is 0. The minimum Gasteiger partial charge on any atom is -0.441 e. The van der Waals surface area contributed by atoms with Crippen molar-refractivity contribution in [2.45, 2.75) is 18.8 Å². The first-order valence-corrected chi connectivity index (χ1v) is 5.50. The van der Waals surface area contributed by atoms with Crippen molar-refractivity contribution in [3.05, 3.63) is 35.9 Å². The molecular formula is C12H15NO4. The van der Waals surface area contributed by atoms with Gasteiger partial charge in [-0.15, -0.1) is 0 Å². The molecule has 0 aromatic heterocycles. The first-order chi connectivity index (χ1) is 8.25. The summed E-state index contributed by atoms with van der Waals surface area (Å²) in [7, 11) is 0. The maximum Gasteiger partial charge on any atom is 0.407 e. The van der Waals surface area contributed by atoms with E-state index < -0.39 is 18.3 Å². The van der Waals surface area contributed by atoms with E-state index in [1.54, 1.807) is 0 Å². The van der Waals surface area contributed by atoms with Crippen LogP contribution in [0.15, 0.2) is 30.3 Å². The van der Waals surface area contributed by atoms with Crippen molar-refractivity contribution in [2.24, 2.45) is 0 Å². The van der Waals surface area contributed by atoms with Crippen molar-refractivity contribution >= 4 is 6.09 Å². The Labute approximate surface area is 99.3 Å². The smallest absolute Gasteiger partial charge is 0.407 e. The van der Waals surface area contributed by atoms with Gasteiger partial charge in [-0.2, -0.15) is 0 Å². The van der Waals surface area contributed by atoms with Crippen LogP contribution in [0.1, 0.15) is 5.56 Å². The zero-order chi connectivity index (χ0) is 12.1. The summed E-state index contributed by atoms with van der Waals surface area (Å²) in [5.41, 5.74) is 0.993. The van der Waals surface area contributed by atoms with Crippen molar-refractivity contribution in [3.8, 4) is 0 Å². The quantitative estimate of drug-likeness (QED) is 0.811. The fourth-order valence-electron chi connectivity index (χ4n) is 1.59. The highest BCUT2D eigenvalue weighted by Crippen LogP contribution is 2.09. The molecule has 0 radical (unpaired) electrons. The van der Waals surface area contributed by atoms with E-state index in [1.165, 1.54) is 0 Å². The van der Waals surface area contributed by atoms with Gasteiger partial charge in [0.1, 0.15) is 6.10 Å². The predicted octanol–water partition coefficient (Wildman–Crippen LogP) is 0.673. The summed E-state index contributed by atoms with van der Waals surface area (Å²) in [6.07, 6.45) is -1.83. The molecule has 2 N–H and O–H groups in total. The van der Waals surface area contributed by atoms with Crippen molar-refractivity contribution in [2.75, 3.05) is 13.2 Å². The highest BCUT2D eigenvalue weighted by Gasteiger charge is 2.29. The number of carbonyl (C=O) groups is 1. The largest absolute Gasteiger partial charge is 0.441 e. The van der Waals surface area contributed by atoms with Gasteiger partial charge in [-0.25, -0.2) is 4.79 Å². The molecule has 0 unspecified atom stereocenters. The molecule has 1 saturated heterocycles. The van der Waals surface area contributed by atoms with Crippen LogP contribution in [-0.4, -0.2) is 36.6 Å². The van der Waals surface area contributed by atoms with Gasteiger partial charge in [0, 0.05) is 6.54 Å². The summed E-state index contributed by atoms with van der Waals surface area (Å²) in [5, 5.41) is 12.0. The molecule has 0 spiro atoms. The molecule has 0 aliphatic carbocycles. The Morgan fingerprint density at radius 1 is 1.41 bits per heavy atom. The number of amides is 1. The number of aliphatic hydroxyl groups excluding tert-OH is 1. The van der Waals surface area contributed by atoms with Crippen molar-refractivity contribution in [3.63, 3.8) is 0 Å². The number of hydrogen-bond acceptors (Lipinski definition) is 4. The molecular weight excluding hydrogens is 222 g/mol. The van der Waals surface area contributed by atoms with E-state index >= 15 is 0 Å². The third kappa shape index (κ3) is 3.44. The molecule has 2 rings (SSSR count). The van der Waals surface area contributed by atoms with Crippen molar-refractivity contribution in [1.29, 1.82) is 0 Å². The second kappa shape index (κ2) is 5.65. The van der Waals surface area contributed by atoms with Crippen LogP contribution in [0.4, 0.5) is 4.79 Å². The zero-order valence-corrected chi connectivity index (χ0v) is 9.33. The van der Waals surface area contributed by atoms with Gasteiger partial charge in [0.2, 0.25) is 0 Å². The van der Waals surface area contributed by atoms with E-state index in [1.807, 2.05) is 30.3 Å².